The van der Waals surface area contributed by atoms with Crippen molar-refractivity contribution in [3.05, 3.63) is 64.6 Å². The zero-order valence-electron chi connectivity index (χ0n) is 15.2. The summed E-state index contributed by atoms with van der Waals surface area (Å²) < 4.78 is 11.1. The maximum absolute atomic E-state index is 12.3. The minimum Gasteiger partial charge on any atom is -0.459 e. The number of aromatic nitrogens is 1. The molecule has 0 bridgehead atoms. The zero-order valence-corrected chi connectivity index (χ0v) is 16.1. The number of rotatable bonds is 4. The van der Waals surface area contributed by atoms with Crippen LogP contribution in [0.4, 0.5) is 0 Å². The number of thiazole rings is 1. The molecule has 0 spiro atoms. The second-order valence-corrected chi connectivity index (χ2v) is 7.14. The number of hydrogen-bond donors (Lipinski definition) is 2. The summed E-state index contributed by atoms with van der Waals surface area (Å²) in [4.78, 5) is 28.9. The summed E-state index contributed by atoms with van der Waals surface area (Å²) in [5.74, 6) is 0.753. The summed E-state index contributed by atoms with van der Waals surface area (Å²) in [5, 5.41) is 3.36. The van der Waals surface area contributed by atoms with Crippen LogP contribution in [0.5, 0.6) is 0 Å². The molecule has 0 saturated carbocycles. The van der Waals surface area contributed by atoms with Crippen LogP contribution < -0.4 is 10.9 Å². The summed E-state index contributed by atoms with van der Waals surface area (Å²) in [5.41, 5.74) is 6.73. The Balaban J connectivity index is 1.37. The van der Waals surface area contributed by atoms with Gasteiger partial charge in [-0.3, -0.25) is 20.4 Å². The number of hydrogen-bond acceptors (Lipinski definition) is 6. The molecular weight excluding hydrogens is 378 g/mol. The van der Waals surface area contributed by atoms with Crippen LogP contribution in [0.2, 0.25) is 0 Å². The first-order valence-electron chi connectivity index (χ1n) is 8.60. The number of aryl methyl sites for hydroxylation is 2. The highest BCUT2D eigenvalue weighted by atomic mass is 32.1. The third-order valence-corrected chi connectivity index (χ3v) is 5.12. The summed E-state index contributed by atoms with van der Waals surface area (Å²) >= 11 is 1.40. The lowest BCUT2D eigenvalue weighted by Crippen LogP contribution is -2.42. The van der Waals surface area contributed by atoms with Gasteiger partial charge in [-0.25, -0.2) is 4.98 Å². The number of amides is 2. The van der Waals surface area contributed by atoms with E-state index in [4.69, 9.17) is 8.83 Å². The van der Waals surface area contributed by atoms with Gasteiger partial charge in [0.15, 0.2) is 16.5 Å². The molecule has 0 aliphatic rings. The van der Waals surface area contributed by atoms with Gasteiger partial charge in [-0.2, -0.15) is 0 Å². The third-order valence-electron chi connectivity index (χ3n) is 4.21. The van der Waals surface area contributed by atoms with E-state index in [-0.39, 0.29) is 18.1 Å². The van der Waals surface area contributed by atoms with E-state index >= 15 is 0 Å². The summed E-state index contributed by atoms with van der Waals surface area (Å²) in [6, 6.07) is 11.1. The second kappa shape index (κ2) is 7.32. The van der Waals surface area contributed by atoms with Crippen LogP contribution in [-0.4, -0.2) is 16.8 Å². The molecule has 0 unspecified atom stereocenters. The van der Waals surface area contributed by atoms with E-state index in [2.05, 4.69) is 15.8 Å². The molecule has 2 N–H and O–H groups in total. The van der Waals surface area contributed by atoms with Crippen molar-refractivity contribution < 1.29 is 18.4 Å². The van der Waals surface area contributed by atoms with E-state index in [1.54, 1.807) is 18.4 Å². The monoisotopic (exact) mass is 395 g/mol. The van der Waals surface area contributed by atoms with Crippen LogP contribution in [0.3, 0.4) is 0 Å². The van der Waals surface area contributed by atoms with Gasteiger partial charge in [0, 0.05) is 16.3 Å². The number of benzene rings is 1. The van der Waals surface area contributed by atoms with Gasteiger partial charge in [0.05, 0.1) is 12.1 Å². The lowest BCUT2D eigenvalue weighted by Gasteiger charge is -2.05. The van der Waals surface area contributed by atoms with Gasteiger partial charge in [0.2, 0.25) is 5.91 Å². The Labute approximate surface area is 164 Å². The van der Waals surface area contributed by atoms with Gasteiger partial charge >= 0.3 is 5.91 Å². The molecule has 4 aromatic rings. The Morgan fingerprint density at radius 2 is 1.89 bits per heavy atom. The number of carbonyl (C=O) groups excluding carboxylic acids is 2. The predicted molar refractivity (Wildman–Crippen MR) is 105 cm³/mol. The highest BCUT2D eigenvalue weighted by Gasteiger charge is 2.18. The van der Waals surface area contributed by atoms with Gasteiger partial charge in [-0.1, -0.05) is 18.2 Å². The Bertz CT molecular complexity index is 1170. The second-order valence-electron chi connectivity index (χ2n) is 6.29. The third kappa shape index (κ3) is 3.54. The van der Waals surface area contributed by atoms with Crippen molar-refractivity contribution in [2.24, 2.45) is 0 Å². The Morgan fingerprint density at radius 1 is 1.07 bits per heavy atom. The zero-order chi connectivity index (χ0) is 19.7. The lowest BCUT2D eigenvalue weighted by atomic mass is 10.1. The molecule has 0 aliphatic heterocycles. The Morgan fingerprint density at radius 3 is 2.64 bits per heavy atom. The van der Waals surface area contributed by atoms with E-state index in [9.17, 15) is 9.59 Å². The van der Waals surface area contributed by atoms with E-state index in [1.165, 1.54) is 11.3 Å². The SMILES string of the molecule is Cc1ccc(-c2nc(CC(=O)NNC(=O)c3oc4ccccc4c3C)cs2)o1. The van der Waals surface area contributed by atoms with Crippen LogP contribution >= 0.6 is 11.3 Å². The largest absolute Gasteiger partial charge is 0.459 e. The molecule has 28 heavy (non-hydrogen) atoms. The molecule has 7 nitrogen and oxygen atoms in total. The first kappa shape index (κ1) is 18.0. The lowest BCUT2D eigenvalue weighted by molar-refractivity contribution is -0.121. The van der Waals surface area contributed by atoms with Crippen molar-refractivity contribution in [3.63, 3.8) is 0 Å². The summed E-state index contributed by atoms with van der Waals surface area (Å²) in [6.07, 6.45) is 0.0373. The molecule has 0 atom stereocenters. The van der Waals surface area contributed by atoms with E-state index in [0.29, 0.717) is 22.0 Å². The van der Waals surface area contributed by atoms with Crippen LogP contribution in [-0.2, 0) is 11.2 Å². The van der Waals surface area contributed by atoms with Crippen LogP contribution in [0.1, 0.15) is 27.6 Å². The molecular formula is C20H17N3O4S. The quantitative estimate of drug-likeness (QED) is 0.513. The Kier molecular flexibility index (Phi) is 4.70. The number of hydrazine groups is 1. The van der Waals surface area contributed by atoms with E-state index < -0.39 is 5.91 Å². The average molecular weight is 395 g/mol. The number of nitrogens with one attached hydrogen (secondary N) is 2. The number of fused-ring (bicyclic) bond motifs is 1. The van der Waals surface area contributed by atoms with Crippen molar-refractivity contribution in [2.45, 2.75) is 20.3 Å². The normalized spacial score (nSPS) is 10.9. The van der Waals surface area contributed by atoms with Gasteiger partial charge in [0.25, 0.3) is 0 Å². The number of furan rings is 2. The summed E-state index contributed by atoms with van der Waals surface area (Å²) in [7, 11) is 0. The first-order valence-corrected chi connectivity index (χ1v) is 9.48. The highest BCUT2D eigenvalue weighted by Crippen LogP contribution is 2.26. The fourth-order valence-electron chi connectivity index (χ4n) is 2.83. The number of carbonyl (C=O) groups is 2. The van der Waals surface area contributed by atoms with Crippen LogP contribution in [0, 0.1) is 13.8 Å². The van der Waals surface area contributed by atoms with E-state index in [1.807, 2.05) is 37.3 Å². The number of nitrogens with zero attached hydrogens (tertiary/aromatic N) is 1. The van der Waals surface area contributed by atoms with Gasteiger partial charge in [-0.05, 0) is 32.0 Å². The van der Waals surface area contributed by atoms with E-state index in [0.717, 1.165) is 16.7 Å². The van der Waals surface area contributed by atoms with Crippen molar-refractivity contribution in [3.8, 4) is 10.8 Å². The molecule has 4 rings (SSSR count). The van der Waals surface area contributed by atoms with Crippen molar-refractivity contribution in [1.29, 1.82) is 0 Å². The fourth-order valence-corrected chi connectivity index (χ4v) is 3.61. The standard InChI is InChI=1S/C20H17N3O4S/c1-11-7-8-16(26-11)20-21-13(10-28-20)9-17(24)22-23-19(25)18-12(2)14-5-3-4-6-15(14)27-18/h3-8,10H,9H2,1-2H3,(H,22,24)(H,23,25). The van der Waals surface area contributed by atoms with Crippen LogP contribution in [0.25, 0.3) is 21.7 Å². The molecule has 0 aliphatic carbocycles. The smallest absolute Gasteiger partial charge is 0.305 e. The average Bonchev–Trinajstić information content (AvgIpc) is 3.39. The molecule has 0 saturated heterocycles. The molecule has 0 radical (unpaired) electrons. The fraction of sp³-hybridized carbons (Fsp3) is 0.150. The van der Waals surface area contributed by atoms with Crippen molar-refractivity contribution >= 4 is 34.1 Å². The van der Waals surface area contributed by atoms with Gasteiger partial charge in [0.1, 0.15) is 11.3 Å². The summed E-state index contributed by atoms with van der Waals surface area (Å²) in [6.45, 7) is 3.66. The Hall–Kier alpha value is -3.39. The van der Waals surface area contributed by atoms with Crippen molar-refractivity contribution in [1.82, 2.24) is 15.8 Å². The molecule has 3 heterocycles. The molecule has 3 aromatic heterocycles. The van der Waals surface area contributed by atoms with Gasteiger partial charge < -0.3 is 8.83 Å². The predicted octanol–water partition coefficient (Wildman–Crippen LogP) is 3.77. The molecule has 8 heteroatoms. The molecule has 0 fully saturated rings. The van der Waals surface area contributed by atoms with Crippen molar-refractivity contribution in [2.75, 3.05) is 0 Å². The topological polar surface area (TPSA) is 97.4 Å². The highest BCUT2D eigenvalue weighted by molar-refractivity contribution is 7.13. The molecule has 2 amide bonds. The molecule has 1 aromatic carbocycles. The minimum absolute atomic E-state index is 0.0373. The minimum atomic E-state index is -0.507. The first-order chi connectivity index (χ1) is 13.5. The van der Waals surface area contributed by atoms with Crippen LogP contribution in [0.15, 0.2) is 50.6 Å². The van der Waals surface area contributed by atoms with Gasteiger partial charge in [-0.15, -0.1) is 11.3 Å². The maximum atomic E-state index is 12.3. The molecule has 142 valence electrons. The maximum Gasteiger partial charge on any atom is 0.305 e. The number of para-hydroxylation sites is 1.